The summed E-state index contributed by atoms with van der Waals surface area (Å²) in [7, 11) is 0. The molecule has 1 aromatic heterocycles. The van der Waals surface area contributed by atoms with Gasteiger partial charge in [-0.3, -0.25) is 4.79 Å². The molecule has 0 bridgehead atoms. The van der Waals surface area contributed by atoms with Gasteiger partial charge in [-0.1, -0.05) is 30.3 Å². The Kier molecular flexibility index (Phi) is 6.24. The van der Waals surface area contributed by atoms with Gasteiger partial charge in [-0.05, 0) is 24.5 Å². The highest BCUT2D eigenvalue weighted by Gasteiger charge is 2.25. The summed E-state index contributed by atoms with van der Waals surface area (Å²) >= 11 is 1.83. The standard InChI is InChI=1S/C19H23N3OS/c23-19(9-12-24-14-16-5-2-1-3-6-16)22-11-4-7-17(13-22)18-8-10-20-15-21-18/h1-3,5-6,8,10,15,17H,4,7,9,11-14H2/t17-/m1/s1. The van der Waals surface area contributed by atoms with E-state index < -0.39 is 0 Å². The molecule has 0 saturated carbocycles. The van der Waals surface area contributed by atoms with Crippen LogP contribution in [0.5, 0.6) is 0 Å². The first-order valence-corrected chi connectivity index (χ1v) is 9.64. The number of rotatable bonds is 6. The van der Waals surface area contributed by atoms with Gasteiger partial charge in [-0.15, -0.1) is 0 Å². The van der Waals surface area contributed by atoms with Crippen molar-refractivity contribution in [1.82, 2.24) is 14.9 Å². The van der Waals surface area contributed by atoms with Crippen LogP contribution < -0.4 is 0 Å². The van der Waals surface area contributed by atoms with Crippen LogP contribution in [0.3, 0.4) is 0 Å². The Labute approximate surface area is 147 Å². The molecule has 126 valence electrons. The zero-order valence-electron chi connectivity index (χ0n) is 13.8. The molecule has 1 fully saturated rings. The summed E-state index contributed by atoms with van der Waals surface area (Å²) < 4.78 is 0. The quantitative estimate of drug-likeness (QED) is 0.754. The summed E-state index contributed by atoms with van der Waals surface area (Å²) in [4.78, 5) is 22.8. The predicted molar refractivity (Wildman–Crippen MR) is 97.8 cm³/mol. The summed E-state index contributed by atoms with van der Waals surface area (Å²) in [5.74, 6) is 2.47. The van der Waals surface area contributed by atoms with Crippen molar-refractivity contribution in [2.75, 3.05) is 18.8 Å². The van der Waals surface area contributed by atoms with Gasteiger partial charge in [0.15, 0.2) is 0 Å². The molecule has 1 saturated heterocycles. The highest BCUT2D eigenvalue weighted by molar-refractivity contribution is 7.98. The molecular weight excluding hydrogens is 318 g/mol. The van der Waals surface area contributed by atoms with Crippen LogP contribution in [-0.2, 0) is 10.5 Å². The highest BCUT2D eigenvalue weighted by atomic mass is 32.2. The fourth-order valence-electron chi connectivity index (χ4n) is 3.07. The summed E-state index contributed by atoms with van der Waals surface area (Å²) in [6.45, 7) is 1.67. The lowest BCUT2D eigenvalue weighted by Gasteiger charge is -2.32. The van der Waals surface area contributed by atoms with Gasteiger partial charge in [0.05, 0.1) is 0 Å². The van der Waals surface area contributed by atoms with Crippen molar-refractivity contribution in [2.24, 2.45) is 0 Å². The van der Waals surface area contributed by atoms with E-state index in [1.165, 1.54) is 5.56 Å². The van der Waals surface area contributed by atoms with Crippen LogP contribution in [0.25, 0.3) is 0 Å². The van der Waals surface area contributed by atoms with Crippen molar-refractivity contribution in [3.05, 3.63) is 60.2 Å². The Bertz CT molecular complexity index is 636. The molecule has 2 aromatic rings. The molecule has 1 atom stereocenters. The normalized spacial score (nSPS) is 17.7. The molecule has 0 radical (unpaired) electrons. The topological polar surface area (TPSA) is 46.1 Å². The number of hydrogen-bond donors (Lipinski definition) is 0. The number of nitrogens with zero attached hydrogens (tertiary/aromatic N) is 3. The highest BCUT2D eigenvalue weighted by Crippen LogP contribution is 2.25. The van der Waals surface area contributed by atoms with Crippen molar-refractivity contribution in [3.63, 3.8) is 0 Å². The SMILES string of the molecule is O=C(CCSCc1ccccc1)N1CCC[C@@H](c2ccncn2)C1. The second-order valence-corrected chi connectivity index (χ2v) is 7.21. The van der Waals surface area contributed by atoms with E-state index in [1.807, 2.05) is 28.8 Å². The third kappa shape index (κ3) is 4.81. The molecule has 1 amide bonds. The lowest BCUT2D eigenvalue weighted by molar-refractivity contribution is -0.131. The number of aromatic nitrogens is 2. The maximum absolute atomic E-state index is 12.5. The van der Waals surface area contributed by atoms with E-state index in [2.05, 4.69) is 34.2 Å². The Morgan fingerprint density at radius 3 is 2.92 bits per heavy atom. The molecule has 0 unspecified atom stereocenters. The van der Waals surface area contributed by atoms with Crippen LogP contribution in [0.15, 0.2) is 48.9 Å². The predicted octanol–water partition coefficient (Wildman–Crippen LogP) is 3.51. The molecule has 0 aliphatic carbocycles. The van der Waals surface area contributed by atoms with Crippen molar-refractivity contribution < 1.29 is 4.79 Å². The van der Waals surface area contributed by atoms with E-state index >= 15 is 0 Å². The minimum Gasteiger partial charge on any atom is -0.342 e. The first-order valence-electron chi connectivity index (χ1n) is 8.48. The number of carbonyl (C=O) groups excluding carboxylic acids is 1. The number of likely N-dealkylation sites (tertiary alicyclic amines) is 1. The molecule has 4 nitrogen and oxygen atoms in total. The number of carbonyl (C=O) groups is 1. The first kappa shape index (κ1) is 17.0. The van der Waals surface area contributed by atoms with Crippen LogP contribution in [-0.4, -0.2) is 39.6 Å². The number of thioether (sulfide) groups is 1. The van der Waals surface area contributed by atoms with Crippen molar-refractivity contribution >= 4 is 17.7 Å². The van der Waals surface area contributed by atoms with E-state index in [4.69, 9.17) is 0 Å². The second-order valence-electron chi connectivity index (χ2n) is 6.10. The van der Waals surface area contributed by atoms with E-state index in [0.29, 0.717) is 12.3 Å². The summed E-state index contributed by atoms with van der Waals surface area (Å²) in [5.41, 5.74) is 2.37. The molecular formula is C19H23N3OS. The van der Waals surface area contributed by atoms with Crippen molar-refractivity contribution in [3.8, 4) is 0 Å². The fraction of sp³-hybridized carbons (Fsp3) is 0.421. The Hall–Kier alpha value is -1.88. The van der Waals surface area contributed by atoms with Crippen LogP contribution >= 0.6 is 11.8 Å². The van der Waals surface area contributed by atoms with Gasteiger partial charge < -0.3 is 4.90 Å². The average Bonchev–Trinajstić information content (AvgIpc) is 2.67. The van der Waals surface area contributed by atoms with E-state index in [0.717, 1.165) is 43.1 Å². The Morgan fingerprint density at radius 1 is 1.25 bits per heavy atom. The smallest absolute Gasteiger partial charge is 0.223 e. The molecule has 0 N–H and O–H groups in total. The third-order valence-electron chi connectivity index (χ3n) is 4.37. The zero-order valence-corrected chi connectivity index (χ0v) is 14.6. The van der Waals surface area contributed by atoms with E-state index in [9.17, 15) is 4.79 Å². The fourth-order valence-corrected chi connectivity index (χ4v) is 3.96. The summed E-state index contributed by atoms with van der Waals surface area (Å²) in [6.07, 6.45) is 6.15. The van der Waals surface area contributed by atoms with Gasteiger partial charge in [0.25, 0.3) is 0 Å². The van der Waals surface area contributed by atoms with Gasteiger partial charge in [-0.25, -0.2) is 9.97 Å². The zero-order chi connectivity index (χ0) is 16.6. The number of piperidine rings is 1. The molecule has 2 heterocycles. The van der Waals surface area contributed by atoms with Gasteiger partial charge in [0.1, 0.15) is 6.33 Å². The molecule has 3 rings (SSSR count). The van der Waals surface area contributed by atoms with Crippen LogP contribution in [0, 0.1) is 0 Å². The van der Waals surface area contributed by atoms with Gasteiger partial charge >= 0.3 is 0 Å². The minimum atomic E-state index is 0.273. The van der Waals surface area contributed by atoms with Crippen LogP contribution in [0.4, 0.5) is 0 Å². The largest absolute Gasteiger partial charge is 0.342 e. The summed E-state index contributed by atoms with van der Waals surface area (Å²) in [5, 5.41) is 0. The maximum Gasteiger partial charge on any atom is 0.223 e. The molecule has 24 heavy (non-hydrogen) atoms. The Morgan fingerprint density at radius 2 is 2.12 bits per heavy atom. The number of benzene rings is 1. The summed E-state index contributed by atoms with van der Waals surface area (Å²) in [6, 6.07) is 12.4. The first-order chi connectivity index (χ1) is 11.8. The van der Waals surface area contributed by atoms with Crippen molar-refractivity contribution in [1.29, 1.82) is 0 Å². The third-order valence-corrected chi connectivity index (χ3v) is 5.40. The molecule has 0 spiro atoms. The molecule has 1 aromatic carbocycles. The molecule has 1 aliphatic heterocycles. The van der Waals surface area contributed by atoms with Gasteiger partial charge in [0.2, 0.25) is 5.91 Å². The molecule has 5 heteroatoms. The van der Waals surface area contributed by atoms with E-state index in [1.54, 1.807) is 12.5 Å². The maximum atomic E-state index is 12.5. The van der Waals surface area contributed by atoms with Gasteiger partial charge in [0, 0.05) is 48.8 Å². The second kappa shape index (κ2) is 8.83. The average molecular weight is 341 g/mol. The van der Waals surface area contributed by atoms with Crippen LogP contribution in [0.1, 0.15) is 36.4 Å². The molecule has 1 aliphatic rings. The van der Waals surface area contributed by atoms with Crippen LogP contribution in [0.2, 0.25) is 0 Å². The van der Waals surface area contributed by atoms with Crippen molar-refractivity contribution in [2.45, 2.75) is 30.9 Å². The Balaban J connectivity index is 1.43. The number of amides is 1. The minimum absolute atomic E-state index is 0.273. The lowest BCUT2D eigenvalue weighted by atomic mass is 9.94. The number of hydrogen-bond acceptors (Lipinski definition) is 4. The van der Waals surface area contributed by atoms with Gasteiger partial charge in [-0.2, -0.15) is 11.8 Å². The lowest BCUT2D eigenvalue weighted by Crippen LogP contribution is -2.39. The monoisotopic (exact) mass is 341 g/mol. The van der Waals surface area contributed by atoms with E-state index in [-0.39, 0.29) is 5.91 Å².